The SMILES string of the molecule is COc1cc2c(c(-c3ccc(F)cc3F)c1)OC(CN)C2. The Labute approximate surface area is 121 Å². The van der Waals surface area contributed by atoms with Gasteiger partial charge in [-0.1, -0.05) is 0 Å². The summed E-state index contributed by atoms with van der Waals surface area (Å²) in [6, 6.07) is 7.03. The van der Waals surface area contributed by atoms with Crippen LogP contribution >= 0.6 is 0 Å². The quantitative estimate of drug-likeness (QED) is 0.945. The highest BCUT2D eigenvalue weighted by atomic mass is 19.1. The van der Waals surface area contributed by atoms with Gasteiger partial charge in [-0.2, -0.15) is 0 Å². The van der Waals surface area contributed by atoms with Crippen molar-refractivity contribution in [1.82, 2.24) is 0 Å². The fourth-order valence-electron chi connectivity index (χ4n) is 2.56. The van der Waals surface area contributed by atoms with Crippen LogP contribution in [0, 0.1) is 11.6 Å². The summed E-state index contributed by atoms with van der Waals surface area (Å²) in [6.07, 6.45) is 0.521. The Hall–Kier alpha value is -2.14. The maximum absolute atomic E-state index is 14.1. The molecule has 3 rings (SSSR count). The monoisotopic (exact) mass is 291 g/mol. The van der Waals surface area contributed by atoms with Crippen LogP contribution in [0.4, 0.5) is 8.78 Å². The van der Waals surface area contributed by atoms with Gasteiger partial charge in [-0.15, -0.1) is 0 Å². The van der Waals surface area contributed by atoms with Gasteiger partial charge in [0.2, 0.25) is 0 Å². The Kier molecular flexibility index (Phi) is 3.51. The number of benzene rings is 2. The van der Waals surface area contributed by atoms with Crippen LogP contribution in [0.1, 0.15) is 5.56 Å². The average Bonchev–Trinajstić information content (AvgIpc) is 2.89. The molecule has 2 aromatic rings. The van der Waals surface area contributed by atoms with E-state index in [4.69, 9.17) is 15.2 Å². The standard InChI is InChI=1S/C16H15F2NO2/c1-20-11-4-9-5-12(8-19)21-16(9)14(7-11)13-3-2-10(17)6-15(13)18/h2-4,6-7,12H,5,8,19H2,1H3. The molecule has 1 unspecified atom stereocenters. The lowest BCUT2D eigenvalue weighted by Gasteiger charge is -2.13. The van der Waals surface area contributed by atoms with Gasteiger partial charge >= 0.3 is 0 Å². The van der Waals surface area contributed by atoms with Crippen molar-refractivity contribution in [3.63, 3.8) is 0 Å². The van der Waals surface area contributed by atoms with E-state index < -0.39 is 11.6 Å². The molecule has 21 heavy (non-hydrogen) atoms. The molecule has 1 atom stereocenters. The molecule has 0 bridgehead atoms. The summed E-state index contributed by atoms with van der Waals surface area (Å²) >= 11 is 0. The van der Waals surface area contributed by atoms with E-state index in [1.54, 1.807) is 13.2 Å². The van der Waals surface area contributed by atoms with Crippen molar-refractivity contribution in [2.24, 2.45) is 5.73 Å². The Morgan fingerprint density at radius 1 is 1.24 bits per heavy atom. The van der Waals surface area contributed by atoms with Crippen molar-refractivity contribution in [1.29, 1.82) is 0 Å². The number of nitrogens with two attached hydrogens (primary N) is 1. The van der Waals surface area contributed by atoms with Crippen molar-refractivity contribution in [3.05, 3.63) is 47.5 Å². The molecule has 5 heteroatoms. The van der Waals surface area contributed by atoms with Crippen LogP contribution in [0.3, 0.4) is 0 Å². The molecular formula is C16H15F2NO2. The molecule has 1 aliphatic rings. The van der Waals surface area contributed by atoms with Crippen LogP contribution in [-0.2, 0) is 6.42 Å². The average molecular weight is 291 g/mol. The minimum atomic E-state index is -0.634. The van der Waals surface area contributed by atoms with Crippen LogP contribution in [0.2, 0.25) is 0 Å². The van der Waals surface area contributed by atoms with E-state index in [9.17, 15) is 8.78 Å². The van der Waals surface area contributed by atoms with Gasteiger partial charge in [-0.3, -0.25) is 0 Å². The topological polar surface area (TPSA) is 44.5 Å². The molecule has 2 aromatic carbocycles. The van der Waals surface area contributed by atoms with E-state index in [2.05, 4.69) is 0 Å². The van der Waals surface area contributed by atoms with Gasteiger partial charge in [0, 0.05) is 35.7 Å². The zero-order valence-corrected chi connectivity index (χ0v) is 11.5. The molecule has 3 nitrogen and oxygen atoms in total. The fraction of sp³-hybridized carbons (Fsp3) is 0.250. The number of halogens is 2. The van der Waals surface area contributed by atoms with Gasteiger partial charge in [-0.05, 0) is 24.3 Å². The molecule has 1 aliphatic heterocycles. The van der Waals surface area contributed by atoms with Crippen LogP contribution in [0.15, 0.2) is 30.3 Å². The van der Waals surface area contributed by atoms with Crippen molar-refractivity contribution in [3.8, 4) is 22.6 Å². The first-order valence-corrected chi connectivity index (χ1v) is 6.65. The third-order valence-electron chi connectivity index (χ3n) is 3.59. The maximum Gasteiger partial charge on any atom is 0.134 e. The molecular weight excluding hydrogens is 276 g/mol. The summed E-state index contributed by atoms with van der Waals surface area (Å²) in [5.74, 6) is -0.0488. The van der Waals surface area contributed by atoms with Crippen LogP contribution in [0.5, 0.6) is 11.5 Å². The second-order valence-electron chi connectivity index (χ2n) is 4.97. The summed E-state index contributed by atoms with van der Waals surface area (Å²) in [5, 5.41) is 0. The molecule has 0 aliphatic carbocycles. The highest BCUT2D eigenvalue weighted by molar-refractivity contribution is 5.75. The van der Waals surface area contributed by atoms with E-state index >= 15 is 0 Å². The van der Waals surface area contributed by atoms with Gasteiger partial charge in [0.15, 0.2) is 0 Å². The molecule has 0 saturated carbocycles. The molecule has 110 valence electrons. The zero-order chi connectivity index (χ0) is 15.0. The predicted octanol–water partition coefficient (Wildman–Crippen LogP) is 2.90. The minimum Gasteiger partial charge on any atom is -0.497 e. The maximum atomic E-state index is 14.1. The third kappa shape index (κ3) is 2.45. The van der Waals surface area contributed by atoms with E-state index in [1.165, 1.54) is 12.1 Å². The third-order valence-corrected chi connectivity index (χ3v) is 3.59. The van der Waals surface area contributed by atoms with Crippen LogP contribution < -0.4 is 15.2 Å². The van der Waals surface area contributed by atoms with Gasteiger partial charge in [0.05, 0.1) is 7.11 Å². The van der Waals surface area contributed by atoms with Crippen molar-refractivity contribution < 1.29 is 18.3 Å². The highest BCUT2D eigenvalue weighted by Gasteiger charge is 2.27. The number of methoxy groups -OCH3 is 1. The van der Waals surface area contributed by atoms with Gasteiger partial charge in [0.25, 0.3) is 0 Å². The summed E-state index contributed by atoms with van der Waals surface area (Å²) in [5.41, 5.74) is 7.40. The first kappa shape index (κ1) is 13.8. The lowest BCUT2D eigenvalue weighted by molar-refractivity contribution is 0.242. The molecule has 0 spiro atoms. The molecule has 0 aromatic heterocycles. The number of hydrogen-bond acceptors (Lipinski definition) is 3. The Bertz CT molecular complexity index is 688. The van der Waals surface area contributed by atoms with Crippen LogP contribution in [-0.4, -0.2) is 19.8 Å². The zero-order valence-electron chi connectivity index (χ0n) is 11.5. The van der Waals surface area contributed by atoms with Crippen LogP contribution in [0.25, 0.3) is 11.1 Å². The lowest BCUT2D eigenvalue weighted by Crippen LogP contribution is -2.24. The van der Waals surface area contributed by atoms with Crippen molar-refractivity contribution in [2.75, 3.05) is 13.7 Å². The summed E-state index contributed by atoms with van der Waals surface area (Å²) in [7, 11) is 1.54. The Morgan fingerprint density at radius 2 is 2.05 bits per heavy atom. The number of fused-ring (bicyclic) bond motifs is 1. The van der Waals surface area contributed by atoms with Crippen molar-refractivity contribution in [2.45, 2.75) is 12.5 Å². The molecule has 0 fully saturated rings. The lowest BCUT2D eigenvalue weighted by atomic mass is 9.99. The Balaban J connectivity index is 2.16. The number of ether oxygens (including phenoxy) is 2. The molecule has 1 heterocycles. The summed E-state index contributed by atoms with van der Waals surface area (Å²) in [4.78, 5) is 0. The predicted molar refractivity (Wildman–Crippen MR) is 75.5 cm³/mol. The molecule has 0 saturated heterocycles. The van der Waals surface area contributed by atoms with E-state index in [0.29, 0.717) is 30.0 Å². The molecule has 2 N–H and O–H groups in total. The first-order chi connectivity index (χ1) is 10.1. The summed E-state index contributed by atoms with van der Waals surface area (Å²) in [6.45, 7) is 0.377. The first-order valence-electron chi connectivity index (χ1n) is 6.65. The highest BCUT2D eigenvalue weighted by Crippen LogP contribution is 2.42. The minimum absolute atomic E-state index is 0.130. The van der Waals surface area contributed by atoms with Crippen molar-refractivity contribution >= 4 is 0 Å². The fourth-order valence-corrected chi connectivity index (χ4v) is 2.56. The van der Waals surface area contributed by atoms with E-state index in [-0.39, 0.29) is 11.7 Å². The smallest absolute Gasteiger partial charge is 0.134 e. The second kappa shape index (κ2) is 5.33. The largest absolute Gasteiger partial charge is 0.497 e. The van der Waals surface area contributed by atoms with Gasteiger partial charge < -0.3 is 15.2 Å². The molecule has 0 amide bonds. The van der Waals surface area contributed by atoms with E-state index in [1.807, 2.05) is 6.07 Å². The van der Waals surface area contributed by atoms with E-state index in [0.717, 1.165) is 11.6 Å². The number of hydrogen-bond donors (Lipinski definition) is 1. The molecule has 0 radical (unpaired) electrons. The Morgan fingerprint density at radius 3 is 2.71 bits per heavy atom. The summed E-state index contributed by atoms with van der Waals surface area (Å²) < 4.78 is 38.2. The van der Waals surface area contributed by atoms with Gasteiger partial charge in [-0.25, -0.2) is 8.78 Å². The second-order valence-corrected chi connectivity index (χ2v) is 4.97. The normalized spacial score (nSPS) is 16.5. The number of rotatable bonds is 3. The van der Waals surface area contributed by atoms with Gasteiger partial charge in [0.1, 0.15) is 29.2 Å².